The smallest absolute Gasteiger partial charge is 0.273 e. The predicted molar refractivity (Wildman–Crippen MR) is 149 cm³/mol. The molecule has 0 saturated heterocycles. The highest BCUT2D eigenvalue weighted by molar-refractivity contribution is 7.09. The Hall–Kier alpha value is -3.63. The van der Waals surface area contributed by atoms with Crippen molar-refractivity contribution < 1.29 is 19.1 Å². The number of benzene rings is 2. The summed E-state index contributed by atoms with van der Waals surface area (Å²) in [4.78, 5) is 41.2. The highest BCUT2D eigenvalue weighted by Crippen LogP contribution is 2.29. The van der Waals surface area contributed by atoms with Crippen LogP contribution in [0.3, 0.4) is 0 Å². The molecule has 0 aliphatic heterocycles. The third-order valence-corrected chi connectivity index (χ3v) is 7.65. The van der Waals surface area contributed by atoms with Crippen LogP contribution in [0.4, 0.5) is 11.4 Å². The second-order valence-electron chi connectivity index (χ2n) is 9.12. The molecule has 1 unspecified atom stereocenters. The molecule has 1 saturated carbocycles. The third-order valence-electron chi connectivity index (χ3n) is 6.54. The fraction of sp³-hybridized carbons (Fsp3) is 0.333. The number of methoxy groups -OCH3 is 1. The predicted octanol–water partition coefficient (Wildman–Crippen LogP) is 4.41. The van der Waals surface area contributed by atoms with E-state index >= 15 is 0 Å². The lowest BCUT2D eigenvalue weighted by atomic mass is 10.1. The minimum absolute atomic E-state index is 0.000279. The SMILES string of the molecule is COc1ccc(CNC(=O)C(C)N(C(=O)c2snc(C(=O)NC3CCCC3)c2N)c2ccc(Cl)cc2)cc1. The molecule has 11 heteroatoms. The van der Waals surface area contributed by atoms with Crippen molar-refractivity contribution in [2.45, 2.75) is 51.2 Å². The van der Waals surface area contributed by atoms with Crippen LogP contribution in [-0.2, 0) is 11.3 Å². The van der Waals surface area contributed by atoms with E-state index in [1.165, 1.54) is 4.90 Å². The standard InChI is InChI=1S/C27H30ClN5O4S/c1-16(25(34)30-15-17-7-13-21(37-2)14-8-17)33(20-11-9-18(28)10-12-20)27(36)24-22(29)23(32-38-24)26(35)31-19-5-3-4-6-19/h7-14,16,19H,3-6,15,29H2,1-2H3,(H,30,34)(H,31,35). The van der Waals surface area contributed by atoms with Gasteiger partial charge in [-0.3, -0.25) is 19.3 Å². The summed E-state index contributed by atoms with van der Waals surface area (Å²) in [5.41, 5.74) is 7.62. The van der Waals surface area contributed by atoms with Crippen molar-refractivity contribution in [3.8, 4) is 5.75 Å². The monoisotopic (exact) mass is 555 g/mol. The van der Waals surface area contributed by atoms with Crippen molar-refractivity contribution in [1.29, 1.82) is 0 Å². The van der Waals surface area contributed by atoms with Crippen molar-refractivity contribution in [3.63, 3.8) is 0 Å². The zero-order chi connectivity index (χ0) is 27.2. The molecule has 0 radical (unpaired) electrons. The van der Waals surface area contributed by atoms with E-state index in [0.29, 0.717) is 16.5 Å². The second kappa shape index (κ2) is 12.3. The number of nitrogens with two attached hydrogens (primary N) is 1. The molecule has 3 aromatic rings. The molecule has 9 nitrogen and oxygen atoms in total. The molecular formula is C27H30ClN5O4S. The molecule has 0 spiro atoms. The third kappa shape index (κ3) is 6.25. The fourth-order valence-electron chi connectivity index (χ4n) is 4.36. The van der Waals surface area contributed by atoms with Crippen LogP contribution in [0.25, 0.3) is 0 Å². The number of amides is 3. The zero-order valence-corrected chi connectivity index (χ0v) is 22.8. The van der Waals surface area contributed by atoms with E-state index in [-0.39, 0.29) is 34.8 Å². The van der Waals surface area contributed by atoms with Crippen LogP contribution in [0.2, 0.25) is 5.02 Å². The molecule has 4 N–H and O–H groups in total. The van der Waals surface area contributed by atoms with Crippen LogP contribution in [0, 0.1) is 0 Å². The number of rotatable bonds is 9. The highest BCUT2D eigenvalue weighted by atomic mass is 35.5. The number of nitrogens with one attached hydrogen (secondary N) is 2. The fourth-order valence-corrected chi connectivity index (χ4v) is 5.23. The van der Waals surface area contributed by atoms with Gasteiger partial charge in [-0.2, -0.15) is 4.37 Å². The lowest BCUT2D eigenvalue weighted by Gasteiger charge is -2.28. The lowest BCUT2D eigenvalue weighted by molar-refractivity contribution is -0.122. The number of hydrogen-bond acceptors (Lipinski definition) is 7. The molecule has 1 atom stereocenters. The minimum atomic E-state index is -0.904. The highest BCUT2D eigenvalue weighted by Gasteiger charge is 2.33. The molecule has 3 amide bonds. The van der Waals surface area contributed by atoms with Gasteiger partial charge in [-0.25, -0.2) is 0 Å². The van der Waals surface area contributed by atoms with Crippen LogP contribution in [0.5, 0.6) is 5.75 Å². The average molecular weight is 556 g/mol. The van der Waals surface area contributed by atoms with E-state index < -0.39 is 17.9 Å². The molecular weight excluding hydrogens is 526 g/mol. The Labute approximate surface area is 230 Å². The first-order chi connectivity index (χ1) is 18.3. The summed E-state index contributed by atoms with van der Waals surface area (Å²) in [6.07, 6.45) is 3.95. The van der Waals surface area contributed by atoms with Gasteiger partial charge in [0.2, 0.25) is 5.91 Å². The Morgan fingerprint density at radius 1 is 1.13 bits per heavy atom. The number of anilines is 2. The average Bonchev–Trinajstić information content (AvgIpc) is 3.58. The Balaban J connectivity index is 1.55. The van der Waals surface area contributed by atoms with E-state index in [0.717, 1.165) is 42.8 Å². The summed E-state index contributed by atoms with van der Waals surface area (Å²) < 4.78 is 9.36. The number of ether oxygens (including phenoxy) is 1. The van der Waals surface area contributed by atoms with Gasteiger partial charge in [-0.1, -0.05) is 36.6 Å². The van der Waals surface area contributed by atoms with E-state index in [1.807, 2.05) is 24.3 Å². The van der Waals surface area contributed by atoms with Crippen molar-refractivity contribution in [2.24, 2.45) is 0 Å². The number of nitrogens with zero attached hydrogens (tertiary/aromatic N) is 2. The molecule has 200 valence electrons. The van der Waals surface area contributed by atoms with Gasteiger partial charge in [-0.05, 0) is 73.3 Å². The van der Waals surface area contributed by atoms with Gasteiger partial charge in [-0.15, -0.1) is 0 Å². The summed E-state index contributed by atoms with van der Waals surface area (Å²) in [6, 6.07) is 13.1. The summed E-state index contributed by atoms with van der Waals surface area (Å²) in [5, 5.41) is 6.31. The van der Waals surface area contributed by atoms with Crippen molar-refractivity contribution >= 4 is 52.2 Å². The molecule has 1 heterocycles. The van der Waals surface area contributed by atoms with Gasteiger partial charge < -0.3 is 21.1 Å². The largest absolute Gasteiger partial charge is 0.497 e. The van der Waals surface area contributed by atoms with Crippen molar-refractivity contribution in [1.82, 2.24) is 15.0 Å². The molecule has 1 aliphatic rings. The van der Waals surface area contributed by atoms with Crippen LogP contribution >= 0.6 is 23.1 Å². The van der Waals surface area contributed by atoms with E-state index in [9.17, 15) is 14.4 Å². The molecule has 38 heavy (non-hydrogen) atoms. The number of hydrogen-bond donors (Lipinski definition) is 3. The van der Waals surface area contributed by atoms with Crippen LogP contribution < -0.4 is 26.0 Å². The Kier molecular flexibility index (Phi) is 8.85. The Morgan fingerprint density at radius 2 is 1.79 bits per heavy atom. The number of nitrogen functional groups attached to an aromatic ring is 1. The molecule has 1 fully saturated rings. The molecule has 2 aromatic carbocycles. The quantitative estimate of drug-likeness (QED) is 0.359. The minimum Gasteiger partial charge on any atom is -0.497 e. The van der Waals surface area contributed by atoms with Crippen LogP contribution in [0.1, 0.15) is 58.3 Å². The van der Waals surface area contributed by atoms with Crippen LogP contribution in [-0.4, -0.2) is 41.3 Å². The molecule has 0 bridgehead atoms. The summed E-state index contributed by atoms with van der Waals surface area (Å²) in [7, 11) is 1.59. The van der Waals surface area contributed by atoms with E-state index in [1.54, 1.807) is 38.3 Å². The van der Waals surface area contributed by atoms with Gasteiger partial charge in [0.15, 0.2) is 5.69 Å². The van der Waals surface area contributed by atoms with Gasteiger partial charge in [0.25, 0.3) is 11.8 Å². The number of halogens is 1. The first-order valence-electron chi connectivity index (χ1n) is 12.3. The zero-order valence-electron chi connectivity index (χ0n) is 21.2. The lowest BCUT2D eigenvalue weighted by Crippen LogP contribution is -2.48. The molecule has 1 aromatic heterocycles. The maximum atomic E-state index is 13.8. The summed E-state index contributed by atoms with van der Waals surface area (Å²) in [6.45, 7) is 1.89. The van der Waals surface area contributed by atoms with Crippen LogP contribution in [0.15, 0.2) is 48.5 Å². The first kappa shape index (κ1) is 27.4. The van der Waals surface area contributed by atoms with Gasteiger partial charge in [0, 0.05) is 23.3 Å². The summed E-state index contributed by atoms with van der Waals surface area (Å²) in [5.74, 6) is -0.583. The second-order valence-corrected chi connectivity index (χ2v) is 10.3. The van der Waals surface area contributed by atoms with Gasteiger partial charge >= 0.3 is 0 Å². The first-order valence-corrected chi connectivity index (χ1v) is 13.5. The van der Waals surface area contributed by atoms with Crippen molar-refractivity contribution in [3.05, 3.63) is 69.7 Å². The van der Waals surface area contributed by atoms with Gasteiger partial charge in [0.05, 0.1) is 12.8 Å². The number of aromatic nitrogens is 1. The molecule has 4 rings (SSSR count). The maximum absolute atomic E-state index is 13.8. The van der Waals surface area contributed by atoms with Crippen molar-refractivity contribution in [2.75, 3.05) is 17.7 Å². The molecule has 1 aliphatic carbocycles. The maximum Gasteiger partial charge on any atom is 0.273 e. The normalized spacial score (nSPS) is 14.1. The Bertz CT molecular complexity index is 1290. The topological polar surface area (TPSA) is 127 Å². The van der Waals surface area contributed by atoms with Gasteiger partial charge in [0.1, 0.15) is 16.7 Å². The van der Waals surface area contributed by atoms with E-state index in [4.69, 9.17) is 22.1 Å². The number of carbonyl (C=O) groups is 3. The van der Waals surface area contributed by atoms with E-state index in [2.05, 4.69) is 15.0 Å². The Morgan fingerprint density at radius 3 is 2.42 bits per heavy atom. The summed E-state index contributed by atoms with van der Waals surface area (Å²) >= 11 is 6.91. The number of carbonyl (C=O) groups excluding carboxylic acids is 3.